The average Bonchev–Trinajstić information content (AvgIpc) is 2.88. The number of nitrogens with zero attached hydrogens (tertiary/aromatic N) is 2. The molecule has 0 radical (unpaired) electrons. The lowest BCUT2D eigenvalue weighted by molar-refractivity contribution is 0.640. The van der Waals surface area contributed by atoms with E-state index in [0.29, 0.717) is 0 Å². The minimum absolute atomic E-state index is 1.08. The molecule has 102 valence electrons. The van der Waals surface area contributed by atoms with E-state index < -0.39 is 0 Å². The average molecular weight is 322 g/mol. The molecule has 19 heavy (non-hydrogen) atoms. The summed E-state index contributed by atoms with van der Waals surface area (Å²) in [5.41, 5.74) is 2.39. The highest BCUT2D eigenvalue weighted by atomic mass is 79.9. The monoisotopic (exact) mass is 321 g/mol. The van der Waals surface area contributed by atoms with E-state index in [0.717, 1.165) is 36.1 Å². The first-order valence-corrected chi connectivity index (χ1v) is 7.59. The smallest absolute Gasteiger partial charge is 0.0646 e. The molecule has 0 unspecified atom stereocenters. The Morgan fingerprint density at radius 3 is 2.74 bits per heavy atom. The van der Waals surface area contributed by atoms with Gasteiger partial charge in [-0.2, -0.15) is 5.10 Å². The number of hydrogen-bond acceptors (Lipinski definition) is 2. The second-order valence-corrected chi connectivity index (χ2v) is 5.54. The molecule has 0 fully saturated rings. The molecule has 3 nitrogen and oxygen atoms in total. The van der Waals surface area contributed by atoms with Crippen LogP contribution in [0.1, 0.15) is 25.3 Å². The van der Waals surface area contributed by atoms with E-state index in [2.05, 4.69) is 51.6 Å². The zero-order valence-corrected chi connectivity index (χ0v) is 12.9. The van der Waals surface area contributed by atoms with E-state index in [9.17, 15) is 0 Å². The fourth-order valence-corrected chi connectivity index (χ4v) is 2.21. The van der Waals surface area contributed by atoms with Gasteiger partial charge in [0.25, 0.3) is 0 Å². The van der Waals surface area contributed by atoms with Crippen LogP contribution in [0, 0.1) is 0 Å². The van der Waals surface area contributed by atoms with Gasteiger partial charge in [0.05, 0.1) is 11.9 Å². The molecule has 0 aliphatic carbocycles. The summed E-state index contributed by atoms with van der Waals surface area (Å²) in [5.74, 6) is 0. The van der Waals surface area contributed by atoms with Gasteiger partial charge in [0.1, 0.15) is 0 Å². The topological polar surface area (TPSA) is 29.9 Å². The molecule has 0 aliphatic rings. The number of aromatic nitrogens is 2. The van der Waals surface area contributed by atoms with E-state index >= 15 is 0 Å². The van der Waals surface area contributed by atoms with Crippen molar-refractivity contribution >= 4 is 15.9 Å². The second kappa shape index (κ2) is 7.46. The Balaban J connectivity index is 1.86. The van der Waals surface area contributed by atoms with Crippen LogP contribution in [0.25, 0.3) is 5.69 Å². The minimum Gasteiger partial charge on any atom is -0.317 e. The van der Waals surface area contributed by atoms with Crippen LogP contribution in [0.5, 0.6) is 0 Å². The van der Waals surface area contributed by atoms with Crippen LogP contribution in [0.15, 0.2) is 41.1 Å². The largest absolute Gasteiger partial charge is 0.317 e. The normalized spacial score (nSPS) is 10.8. The number of hydrogen-bond donors (Lipinski definition) is 1. The van der Waals surface area contributed by atoms with Gasteiger partial charge in [-0.3, -0.25) is 0 Å². The number of aryl methyl sites for hydroxylation is 1. The van der Waals surface area contributed by atoms with E-state index in [4.69, 9.17) is 0 Å². The standard InChI is InChI=1S/C15H20BrN3/c1-2-9-17-10-3-4-13-11-18-19(12-13)15-7-5-14(16)6-8-15/h5-8,11-12,17H,2-4,9-10H2,1H3. The Labute approximate surface area is 123 Å². The summed E-state index contributed by atoms with van der Waals surface area (Å²) in [7, 11) is 0. The first kappa shape index (κ1) is 14.3. The Morgan fingerprint density at radius 2 is 2.00 bits per heavy atom. The predicted octanol–water partition coefficient (Wildman–Crippen LogP) is 3.57. The van der Waals surface area contributed by atoms with Crippen LogP contribution in [-0.4, -0.2) is 22.9 Å². The van der Waals surface area contributed by atoms with E-state index in [1.807, 2.05) is 23.0 Å². The van der Waals surface area contributed by atoms with Gasteiger partial charge in [-0.1, -0.05) is 22.9 Å². The lowest BCUT2D eigenvalue weighted by Gasteiger charge is -2.02. The van der Waals surface area contributed by atoms with Crippen LogP contribution in [0.4, 0.5) is 0 Å². The molecule has 0 amide bonds. The molecule has 2 aromatic rings. The van der Waals surface area contributed by atoms with Crippen LogP contribution in [0.3, 0.4) is 0 Å². The molecule has 0 spiro atoms. The number of halogens is 1. The van der Waals surface area contributed by atoms with Crippen molar-refractivity contribution < 1.29 is 0 Å². The zero-order valence-electron chi connectivity index (χ0n) is 11.3. The molecule has 2 rings (SSSR count). The molecule has 1 aromatic carbocycles. The van der Waals surface area contributed by atoms with Crippen molar-refractivity contribution in [2.75, 3.05) is 13.1 Å². The minimum atomic E-state index is 1.08. The highest BCUT2D eigenvalue weighted by molar-refractivity contribution is 9.10. The fourth-order valence-electron chi connectivity index (χ4n) is 1.94. The fraction of sp³-hybridized carbons (Fsp3) is 0.400. The van der Waals surface area contributed by atoms with Gasteiger partial charge in [-0.15, -0.1) is 0 Å². The quantitative estimate of drug-likeness (QED) is 0.790. The third kappa shape index (κ3) is 4.48. The zero-order chi connectivity index (χ0) is 13.5. The third-order valence-electron chi connectivity index (χ3n) is 2.97. The molecular formula is C15H20BrN3. The summed E-state index contributed by atoms with van der Waals surface area (Å²) >= 11 is 3.44. The van der Waals surface area contributed by atoms with Crippen molar-refractivity contribution in [2.45, 2.75) is 26.2 Å². The molecule has 0 saturated heterocycles. The highest BCUT2D eigenvalue weighted by Gasteiger charge is 2.01. The van der Waals surface area contributed by atoms with Crippen molar-refractivity contribution in [3.8, 4) is 5.69 Å². The molecule has 0 saturated carbocycles. The predicted molar refractivity (Wildman–Crippen MR) is 82.7 cm³/mol. The first-order valence-electron chi connectivity index (χ1n) is 6.80. The molecule has 1 heterocycles. The maximum Gasteiger partial charge on any atom is 0.0646 e. The van der Waals surface area contributed by atoms with Gasteiger partial charge in [0.15, 0.2) is 0 Å². The van der Waals surface area contributed by atoms with Crippen molar-refractivity contribution in [1.29, 1.82) is 0 Å². The summed E-state index contributed by atoms with van der Waals surface area (Å²) < 4.78 is 3.02. The maximum absolute atomic E-state index is 4.41. The lowest BCUT2D eigenvalue weighted by atomic mass is 10.2. The SMILES string of the molecule is CCCNCCCc1cnn(-c2ccc(Br)cc2)c1. The molecule has 0 atom stereocenters. The summed E-state index contributed by atoms with van der Waals surface area (Å²) in [4.78, 5) is 0. The van der Waals surface area contributed by atoms with Gasteiger partial charge >= 0.3 is 0 Å². The van der Waals surface area contributed by atoms with Crippen LogP contribution in [0.2, 0.25) is 0 Å². The van der Waals surface area contributed by atoms with Gasteiger partial charge in [0.2, 0.25) is 0 Å². The van der Waals surface area contributed by atoms with Crippen molar-refractivity contribution in [3.63, 3.8) is 0 Å². The number of benzene rings is 1. The molecule has 1 N–H and O–H groups in total. The Kier molecular flexibility index (Phi) is 5.61. The number of nitrogens with one attached hydrogen (secondary N) is 1. The highest BCUT2D eigenvalue weighted by Crippen LogP contribution is 2.14. The summed E-state index contributed by atoms with van der Waals surface area (Å²) in [6.45, 7) is 4.38. The molecule has 1 aromatic heterocycles. The van der Waals surface area contributed by atoms with Gasteiger partial charge in [-0.25, -0.2) is 4.68 Å². The molecule has 0 aliphatic heterocycles. The van der Waals surface area contributed by atoms with Crippen LogP contribution in [-0.2, 0) is 6.42 Å². The van der Waals surface area contributed by atoms with Crippen LogP contribution < -0.4 is 5.32 Å². The van der Waals surface area contributed by atoms with E-state index in [1.54, 1.807) is 0 Å². The third-order valence-corrected chi connectivity index (χ3v) is 3.50. The summed E-state index contributed by atoms with van der Waals surface area (Å²) in [5, 5.41) is 7.83. The lowest BCUT2D eigenvalue weighted by Crippen LogP contribution is -2.16. The molecule has 0 bridgehead atoms. The second-order valence-electron chi connectivity index (χ2n) is 4.62. The maximum atomic E-state index is 4.41. The molecule has 4 heteroatoms. The van der Waals surface area contributed by atoms with Crippen molar-refractivity contribution in [2.24, 2.45) is 0 Å². The number of rotatable bonds is 7. The summed E-state index contributed by atoms with van der Waals surface area (Å²) in [6.07, 6.45) is 7.51. The summed E-state index contributed by atoms with van der Waals surface area (Å²) in [6, 6.07) is 8.18. The first-order chi connectivity index (χ1) is 9.29. The van der Waals surface area contributed by atoms with Gasteiger partial charge < -0.3 is 5.32 Å². The Morgan fingerprint density at radius 1 is 1.21 bits per heavy atom. The van der Waals surface area contributed by atoms with Crippen LogP contribution >= 0.6 is 15.9 Å². The van der Waals surface area contributed by atoms with E-state index in [1.165, 1.54) is 12.0 Å². The Bertz CT molecular complexity index is 490. The van der Waals surface area contributed by atoms with Crippen molar-refractivity contribution in [3.05, 3.63) is 46.7 Å². The molecular weight excluding hydrogens is 302 g/mol. The van der Waals surface area contributed by atoms with Gasteiger partial charge in [0, 0.05) is 10.7 Å². The van der Waals surface area contributed by atoms with E-state index in [-0.39, 0.29) is 0 Å². The van der Waals surface area contributed by atoms with Crippen molar-refractivity contribution in [1.82, 2.24) is 15.1 Å². The van der Waals surface area contributed by atoms with Gasteiger partial charge in [-0.05, 0) is 62.2 Å². The Hall–Kier alpha value is -1.13.